The quantitative estimate of drug-likeness (QED) is 0.609. The van der Waals surface area contributed by atoms with Crippen LogP contribution in [0.25, 0.3) is 0 Å². The molecule has 0 aliphatic heterocycles. The zero-order chi connectivity index (χ0) is 14.9. The summed E-state index contributed by atoms with van der Waals surface area (Å²) in [4.78, 5) is 17.0. The van der Waals surface area contributed by atoms with Crippen LogP contribution < -0.4 is 5.32 Å². The van der Waals surface area contributed by atoms with Crippen LogP contribution >= 0.6 is 11.8 Å². The third kappa shape index (κ3) is 5.11. The molecule has 0 aliphatic rings. The topological polar surface area (TPSA) is 62.2 Å². The Bertz CT molecular complexity index is 575. The third-order valence-electron chi connectivity index (χ3n) is 2.92. The lowest BCUT2D eigenvalue weighted by Crippen LogP contribution is -2.24. The van der Waals surface area contributed by atoms with Gasteiger partial charge in [-0.2, -0.15) is 0 Å². The summed E-state index contributed by atoms with van der Waals surface area (Å²) in [5.41, 5.74) is 0.323. The number of nitrogens with zero attached hydrogens (tertiary/aromatic N) is 1. The number of amides is 1. The van der Waals surface area contributed by atoms with Crippen molar-refractivity contribution in [2.24, 2.45) is 0 Å². The zero-order valence-electron chi connectivity index (χ0n) is 11.7. The van der Waals surface area contributed by atoms with Crippen molar-refractivity contribution in [1.82, 2.24) is 10.3 Å². The SMILES string of the molecule is O=C(NCCCCSc1ccncc1)c1ccccc1O. The van der Waals surface area contributed by atoms with Gasteiger partial charge >= 0.3 is 0 Å². The lowest BCUT2D eigenvalue weighted by atomic mass is 10.2. The number of para-hydroxylation sites is 1. The van der Waals surface area contributed by atoms with Crippen LogP contribution in [0.3, 0.4) is 0 Å². The molecule has 0 radical (unpaired) electrons. The van der Waals surface area contributed by atoms with E-state index in [4.69, 9.17) is 0 Å². The number of thioether (sulfide) groups is 1. The number of pyridine rings is 1. The standard InChI is InChI=1S/C16H18N2O2S/c19-15-6-2-1-5-14(15)16(20)18-9-3-4-12-21-13-7-10-17-11-8-13/h1-2,5-8,10-11,19H,3-4,9,12H2,(H,18,20). The molecular weight excluding hydrogens is 284 g/mol. The molecule has 0 saturated heterocycles. The molecule has 0 aliphatic carbocycles. The lowest BCUT2D eigenvalue weighted by Gasteiger charge is -2.06. The van der Waals surface area contributed by atoms with Crippen molar-refractivity contribution in [2.45, 2.75) is 17.7 Å². The zero-order valence-corrected chi connectivity index (χ0v) is 12.5. The summed E-state index contributed by atoms with van der Waals surface area (Å²) < 4.78 is 0. The average Bonchev–Trinajstić information content (AvgIpc) is 2.52. The molecule has 1 aromatic carbocycles. The van der Waals surface area contributed by atoms with Gasteiger partial charge in [0.15, 0.2) is 0 Å². The van der Waals surface area contributed by atoms with Gasteiger partial charge in [-0.1, -0.05) is 12.1 Å². The Morgan fingerprint density at radius 3 is 2.67 bits per heavy atom. The minimum absolute atomic E-state index is 0.0169. The predicted octanol–water partition coefficient (Wildman–Crippen LogP) is 3.09. The molecule has 110 valence electrons. The van der Waals surface area contributed by atoms with Gasteiger partial charge in [-0.15, -0.1) is 11.8 Å². The summed E-state index contributed by atoms with van der Waals surface area (Å²) in [6.07, 6.45) is 5.51. The monoisotopic (exact) mass is 302 g/mol. The molecule has 0 bridgehead atoms. The van der Waals surface area contributed by atoms with Crippen LogP contribution in [0, 0.1) is 0 Å². The average molecular weight is 302 g/mol. The molecule has 5 heteroatoms. The van der Waals surface area contributed by atoms with Gasteiger partial charge in [0, 0.05) is 23.8 Å². The number of aromatic nitrogens is 1. The number of hydrogen-bond donors (Lipinski definition) is 2. The van der Waals surface area contributed by atoms with Crippen molar-refractivity contribution in [3.63, 3.8) is 0 Å². The fraction of sp³-hybridized carbons (Fsp3) is 0.250. The maximum Gasteiger partial charge on any atom is 0.255 e. The van der Waals surface area contributed by atoms with Gasteiger partial charge < -0.3 is 10.4 Å². The van der Waals surface area contributed by atoms with Crippen molar-refractivity contribution in [2.75, 3.05) is 12.3 Å². The summed E-state index contributed by atoms with van der Waals surface area (Å²) in [6.45, 7) is 0.615. The van der Waals surface area contributed by atoms with Crippen molar-refractivity contribution in [3.8, 4) is 5.75 Å². The Balaban J connectivity index is 1.62. The Morgan fingerprint density at radius 1 is 1.14 bits per heavy atom. The summed E-state index contributed by atoms with van der Waals surface area (Å²) in [5, 5.41) is 12.4. The first-order valence-electron chi connectivity index (χ1n) is 6.86. The molecule has 2 rings (SSSR count). The Kier molecular flexibility index (Phi) is 6.09. The second-order valence-electron chi connectivity index (χ2n) is 4.51. The minimum atomic E-state index is -0.227. The number of carbonyl (C=O) groups is 1. The molecule has 4 nitrogen and oxygen atoms in total. The highest BCUT2D eigenvalue weighted by Crippen LogP contribution is 2.18. The van der Waals surface area contributed by atoms with E-state index in [-0.39, 0.29) is 11.7 Å². The van der Waals surface area contributed by atoms with Gasteiger partial charge in [0.05, 0.1) is 5.56 Å². The number of aromatic hydroxyl groups is 1. The largest absolute Gasteiger partial charge is 0.507 e. The van der Waals surface area contributed by atoms with E-state index in [2.05, 4.69) is 10.3 Å². The molecule has 0 spiro atoms. The summed E-state index contributed by atoms with van der Waals surface area (Å²) in [5.74, 6) is 0.800. The first-order chi connectivity index (χ1) is 10.3. The molecule has 0 atom stereocenters. The van der Waals surface area contributed by atoms with Crippen molar-refractivity contribution in [3.05, 3.63) is 54.4 Å². The molecule has 0 unspecified atom stereocenters. The highest BCUT2D eigenvalue weighted by molar-refractivity contribution is 7.99. The van der Waals surface area contributed by atoms with E-state index in [9.17, 15) is 9.90 Å². The number of phenolic OH excluding ortho intramolecular Hbond substituents is 1. The van der Waals surface area contributed by atoms with E-state index in [1.807, 2.05) is 12.1 Å². The number of benzene rings is 1. The maximum absolute atomic E-state index is 11.8. The predicted molar refractivity (Wildman–Crippen MR) is 84.6 cm³/mol. The number of hydrogen-bond acceptors (Lipinski definition) is 4. The molecule has 2 N–H and O–H groups in total. The smallest absolute Gasteiger partial charge is 0.255 e. The molecule has 0 saturated carbocycles. The number of carbonyl (C=O) groups excluding carboxylic acids is 1. The highest BCUT2D eigenvalue weighted by atomic mass is 32.2. The molecule has 1 aromatic heterocycles. The van der Waals surface area contributed by atoms with E-state index < -0.39 is 0 Å². The fourth-order valence-electron chi connectivity index (χ4n) is 1.81. The van der Waals surface area contributed by atoms with Crippen LogP contribution in [0.4, 0.5) is 0 Å². The van der Waals surface area contributed by atoms with Crippen molar-refractivity contribution < 1.29 is 9.90 Å². The molecule has 1 heterocycles. The molecule has 0 fully saturated rings. The van der Waals surface area contributed by atoms with Gasteiger partial charge in [0.25, 0.3) is 5.91 Å². The second-order valence-corrected chi connectivity index (χ2v) is 5.68. The summed E-state index contributed by atoms with van der Waals surface area (Å²) in [7, 11) is 0. The number of rotatable bonds is 7. The second kappa shape index (κ2) is 8.32. The highest BCUT2D eigenvalue weighted by Gasteiger charge is 2.08. The number of unbranched alkanes of at least 4 members (excludes halogenated alkanes) is 1. The minimum Gasteiger partial charge on any atom is -0.507 e. The van der Waals surface area contributed by atoms with Crippen molar-refractivity contribution >= 4 is 17.7 Å². The number of nitrogens with one attached hydrogen (secondary N) is 1. The Hall–Kier alpha value is -2.01. The van der Waals surface area contributed by atoms with Crippen LogP contribution in [0.2, 0.25) is 0 Å². The van der Waals surface area contributed by atoms with Crippen LogP contribution in [0.1, 0.15) is 23.2 Å². The summed E-state index contributed by atoms with van der Waals surface area (Å²) in [6, 6.07) is 10.5. The maximum atomic E-state index is 11.8. The van der Waals surface area contributed by atoms with Gasteiger partial charge in [-0.25, -0.2) is 0 Å². The van der Waals surface area contributed by atoms with Gasteiger partial charge in [-0.3, -0.25) is 9.78 Å². The van der Waals surface area contributed by atoms with E-state index >= 15 is 0 Å². The molecule has 2 aromatic rings. The fourth-order valence-corrected chi connectivity index (χ4v) is 2.71. The van der Waals surface area contributed by atoms with E-state index in [0.717, 1.165) is 18.6 Å². The molecular formula is C16H18N2O2S. The van der Waals surface area contributed by atoms with Crippen molar-refractivity contribution in [1.29, 1.82) is 0 Å². The van der Waals surface area contributed by atoms with E-state index in [1.54, 1.807) is 42.4 Å². The normalized spacial score (nSPS) is 10.3. The Morgan fingerprint density at radius 2 is 1.90 bits per heavy atom. The Labute approximate surface area is 128 Å². The van der Waals surface area contributed by atoms with Gasteiger partial charge in [0.1, 0.15) is 5.75 Å². The lowest BCUT2D eigenvalue weighted by molar-refractivity contribution is 0.0950. The van der Waals surface area contributed by atoms with Gasteiger partial charge in [0.2, 0.25) is 0 Å². The van der Waals surface area contributed by atoms with Crippen LogP contribution in [-0.2, 0) is 0 Å². The molecule has 21 heavy (non-hydrogen) atoms. The summed E-state index contributed by atoms with van der Waals surface area (Å²) >= 11 is 1.79. The van der Waals surface area contributed by atoms with Crippen LogP contribution in [0.5, 0.6) is 5.75 Å². The van der Waals surface area contributed by atoms with Gasteiger partial charge in [-0.05, 0) is 42.9 Å². The number of phenols is 1. The van der Waals surface area contributed by atoms with Crippen LogP contribution in [-0.4, -0.2) is 28.3 Å². The molecule has 1 amide bonds. The van der Waals surface area contributed by atoms with Crippen LogP contribution in [0.15, 0.2) is 53.7 Å². The first kappa shape index (κ1) is 15.4. The third-order valence-corrected chi connectivity index (χ3v) is 4.02. The van der Waals surface area contributed by atoms with E-state index in [1.165, 1.54) is 11.0 Å². The van der Waals surface area contributed by atoms with E-state index in [0.29, 0.717) is 12.1 Å². The first-order valence-corrected chi connectivity index (χ1v) is 7.85.